The highest BCUT2D eigenvalue weighted by molar-refractivity contribution is 8.01. The molecule has 33 heavy (non-hydrogen) atoms. The first kappa shape index (κ1) is 23.8. The van der Waals surface area contributed by atoms with Crippen molar-refractivity contribution < 1.29 is 19.1 Å². The smallest absolute Gasteiger partial charge is 0.242 e. The van der Waals surface area contributed by atoms with Gasteiger partial charge in [0.15, 0.2) is 5.78 Å². The van der Waals surface area contributed by atoms with Crippen LogP contribution in [0.25, 0.3) is 0 Å². The topological polar surface area (TPSA) is 64.6 Å². The molecule has 1 aromatic heterocycles. The molecule has 0 saturated carbocycles. The third-order valence-corrected chi connectivity index (χ3v) is 7.96. The van der Waals surface area contributed by atoms with Gasteiger partial charge in [0.2, 0.25) is 5.91 Å². The van der Waals surface area contributed by atoms with Gasteiger partial charge in [-0.15, -0.1) is 11.8 Å². The molecule has 4 rings (SSSR count). The van der Waals surface area contributed by atoms with E-state index in [9.17, 15) is 9.59 Å². The van der Waals surface area contributed by atoms with E-state index in [4.69, 9.17) is 21.1 Å². The zero-order chi connectivity index (χ0) is 23.3. The lowest BCUT2D eigenvalue weighted by Crippen LogP contribution is -2.57. The van der Waals surface area contributed by atoms with Crippen LogP contribution in [0.5, 0.6) is 5.75 Å². The van der Waals surface area contributed by atoms with E-state index in [2.05, 4.69) is 5.32 Å². The van der Waals surface area contributed by atoms with Crippen molar-refractivity contribution >= 4 is 46.4 Å². The maximum atomic E-state index is 13.3. The fourth-order valence-corrected chi connectivity index (χ4v) is 5.83. The van der Waals surface area contributed by atoms with Crippen molar-refractivity contribution in [3.05, 3.63) is 81.5 Å². The van der Waals surface area contributed by atoms with Gasteiger partial charge in [0.05, 0.1) is 17.2 Å². The second kappa shape index (κ2) is 10.7. The largest absolute Gasteiger partial charge is 0.494 e. The number of ether oxygens (including phenoxy) is 2. The average Bonchev–Trinajstić information content (AvgIpc) is 3.36. The van der Waals surface area contributed by atoms with Crippen molar-refractivity contribution in [3.8, 4) is 5.75 Å². The number of carbonyl (C=O) groups excluding carboxylic acids is 2. The number of amides is 1. The zero-order valence-corrected chi connectivity index (χ0v) is 20.5. The predicted octanol–water partition coefficient (Wildman–Crippen LogP) is 5.31. The van der Waals surface area contributed by atoms with Crippen LogP contribution in [0.1, 0.15) is 24.0 Å². The number of methoxy groups -OCH3 is 1. The molecule has 5 nitrogen and oxygen atoms in total. The Hall–Kier alpha value is -2.32. The van der Waals surface area contributed by atoms with Gasteiger partial charge in [0.1, 0.15) is 11.0 Å². The number of rotatable bonds is 9. The Morgan fingerprint density at radius 2 is 1.88 bits per heavy atom. The van der Waals surface area contributed by atoms with Crippen molar-refractivity contribution in [2.45, 2.75) is 28.5 Å². The molecule has 1 aliphatic rings. The van der Waals surface area contributed by atoms with Gasteiger partial charge in [-0.2, -0.15) is 11.3 Å². The summed E-state index contributed by atoms with van der Waals surface area (Å²) in [5, 5.41) is 6.78. The van der Waals surface area contributed by atoms with Crippen molar-refractivity contribution in [3.63, 3.8) is 0 Å². The van der Waals surface area contributed by atoms with Crippen LogP contribution in [0.2, 0.25) is 5.02 Å². The highest BCUT2D eigenvalue weighted by Crippen LogP contribution is 2.41. The molecule has 1 fully saturated rings. The van der Waals surface area contributed by atoms with Gasteiger partial charge in [-0.1, -0.05) is 35.9 Å². The molecule has 1 aliphatic heterocycles. The lowest BCUT2D eigenvalue weighted by Gasteiger charge is -2.40. The second-order valence-electron chi connectivity index (χ2n) is 7.70. The summed E-state index contributed by atoms with van der Waals surface area (Å²) in [7, 11) is 1.66. The molecule has 8 heteroatoms. The summed E-state index contributed by atoms with van der Waals surface area (Å²) in [6.45, 7) is 1.19. The van der Waals surface area contributed by atoms with E-state index >= 15 is 0 Å². The molecule has 3 aromatic rings. The molecule has 2 aromatic carbocycles. The molecule has 1 N–H and O–H groups in total. The fraction of sp³-hybridized carbons (Fsp3) is 0.280. The van der Waals surface area contributed by atoms with E-state index in [1.165, 1.54) is 23.1 Å². The van der Waals surface area contributed by atoms with Crippen LogP contribution < -0.4 is 10.1 Å². The number of nitrogens with one attached hydrogen (secondary N) is 1. The summed E-state index contributed by atoms with van der Waals surface area (Å²) in [5.41, 5.74) is 0.817. The number of Topliss-reactive ketones (excluding diaryl/α,β-unsaturated/α-hetero) is 1. The standard InChI is InChI=1S/C25H24ClNO4S2/c1-30-12-4-13-31-19-9-7-17(8-10-19)25(18-11-14-32-16-18)15-21(28)23(24(29)27-25)33-22-6-3-2-5-20(22)26/h2-3,5-11,14,16,23H,4,12-13,15H2,1H3,(H,27,29). The number of ketones is 1. The van der Waals surface area contributed by atoms with Crippen LogP contribution in [-0.4, -0.2) is 37.3 Å². The number of piperidine rings is 1. The SMILES string of the molecule is COCCCOc1ccc(C2(c3ccsc3)CC(=O)C(Sc3ccccc3Cl)C(=O)N2)cc1. The molecular formula is C25H24ClNO4S2. The van der Waals surface area contributed by atoms with Crippen LogP contribution in [0.15, 0.2) is 70.3 Å². The zero-order valence-electron chi connectivity index (χ0n) is 18.1. The van der Waals surface area contributed by atoms with Gasteiger partial charge in [0, 0.05) is 31.5 Å². The molecule has 2 atom stereocenters. The van der Waals surface area contributed by atoms with E-state index in [0.29, 0.717) is 23.1 Å². The second-order valence-corrected chi connectivity index (χ2v) is 10.0. The third kappa shape index (κ3) is 5.27. The van der Waals surface area contributed by atoms with E-state index in [0.717, 1.165) is 23.3 Å². The lowest BCUT2D eigenvalue weighted by atomic mass is 9.77. The molecule has 0 bridgehead atoms. The molecule has 0 aliphatic carbocycles. The Bertz CT molecular complexity index is 1080. The minimum atomic E-state index is -0.916. The van der Waals surface area contributed by atoms with Crippen LogP contribution >= 0.6 is 34.7 Å². The first-order valence-electron chi connectivity index (χ1n) is 10.5. The third-order valence-electron chi connectivity index (χ3n) is 5.51. The average molecular weight is 502 g/mol. The van der Waals surface area contributed by atoms with Crippen molar-refractivity contribution in [2.24, 2.45) is 0 Å². The molecule has 0 radical (unpaired) electrons. The summed E-state index contributed by atoms with van der Waals surface area (Å²) in [4.78, 5) is 27.3. The van der Waals surface area contributed by atoms with Gasteiger partial charge in [-0.25, -0.2) is 0 Å². The number of halogens is 1. The van der Waals surface area contributed by atoms with E-state index in [-0.39, 0.29) is 18.1 Å². The van der Waals surface area contributed by atoms with Gasteiger partial charge < -0.3 is 14.8 Å². The number of hydrogen-bond acceptors (Lipinski definition) is 6. The number of carbonyl (C=O) groups is 2. The summed E-state index contributed by atoms with van der Waals surface area (Å²) in [5.74, 6) is 0.285. The quantitative estimate of drug-likeness (QED) is 0.318. The van der Waals surface area contributed by atoms with E-state index in [1.807, 2.05) is 59.3 Å². The van der Waals surface area contributed by atoms with E-state index in [1.54, 1.807) is 13.2 Å². The molecule has 1 amide bonds. The van der Waals surface area contributed by atoms with Gasteiger partial charge in [-0.05, 0) is 52.2 Å². The summed E-state index contributed by atoms with van der Waals surface area (Å²) >= 11 is 8.99. The molecule has 0 spiro atoms. The molecule has 172 valence electrons. The Morgan fingerprint density at radius 3 is 2.55 bits per heavy atom. The first-order valence-corrected chi connectivity index (χ1v) is 12.7. The fourth-order valence-electron chi connectivity index (χ4n) is 3.86. The normalized spacial score (nSPS) is 20.5. The Morgan fingerprint density at radius 1 is 1.09 bits per heavy atom. The molecule has 2 unspecified atom stereocenters. The van der Waals surface area contributed by atoms with Crippen LogP contribution in [0.3, 0.4) is 0 Å². The summed E-state index contributed by atoms with van der Waals surface area (Å²) in [6, 6.07) is 16.8. The van der Waals surface area contributed by atoms with Crippen molar-refractivity contribution in [2.75, 3.05) is 20.3 Å². The molecule has 1 saturated heterocycles. The summed E-state index contributed by atoms with van der Waals surface area (Å²) in [6.07, 6.45) is 0.956. The van der Waals surface area contributed by atoms with Crippen LogP contribution in [0.4, 0.5) is 0 Å². The van der Waals surface area contributed by atoms with Crippen molar-refractivity contribution in [1.29, 1.82) is 0 Å². The number of thiophene rings is 1. The highest BCUT2D eigenvalue weighted by Gasteiger charge is 2.47. The summed E-state index contributed by atoms with van der Waals surface area (Å²) < 4.78 is 10.8. The van der Waals surface area contributed by atoms with Crippen molar-refractivity contribution in [1.82, 2.24) is 5.32 Å². The van der Waals surface area contributed by atoms with E-state index < -0.39 is 10.8 Å². The minimum absolute atomic E-state index is 0.130. The minimum Gasteiger partial charge on any atom is -0.494 e. The lowest BCUT2D eigenvalue weighted by molar-refractivity contribution is -0.132. The highest BCUT2D eigenvalue weighted by atomic mass is 35.5. The molecular weight excluding hydrogens is 478 g/mol. The first-order chi connectivity index (χ1) is 16.0. The van der Waals surface area contributed by atoms with Crippen LogP contribution in [-0.2, 0) is 19.9 Å². The van der Waals surface area contributed by atoms with Gasteiger partial charge >= 0.3 is 0 Å². The Balaban J connectivity index is 1.58. The Kier molecular flexibility index (Phi) is 7.75. The van der Waals surface area contributed by atoms with Gasteiger partial charge in [-0.3, -0.25) is 9.59 Å². The maximum absolute atomic E-state index is 13.3. The number of thioether (sulfide) groups is 1. The number of hydrogen-bond donors (Lipinski definition) is 1. The van der Waals surface area contributed by atoms with Crippen LogP contribution in [0, 0.1) is 0 Å². The monoisotopic (exact) mass is 501 g/mol. The predicted molar refractivity (Wildman–Crippen MR) is 132 cm³/mol. The number of benzene rings is 2. The Labute approximate surface area is 206 Å². The maximum Gasteiger partial charge on any atom is 0.242 e. The van der Waals surface area contributed by atoms with Gasteiger partial charge in [0.25, 0.3) is 0 Å². The molecule has 2 heterocycles.